The Morgan fingerprint density at radius 3 is 2.87 bits per heavy atom. The Labute approximate surface area is 94.7 Å². The first-order valence-electron chi connectivity index (χ1n) is 5.11. The number of rotatable bonds is 4. The summed E-state index contributed by atoms with van der Waals surface area (Å²) >= 11 is 5.10. The van der Waals surface area contributed by atoms with E-state index in [0.717, 1.165) is 12.1 Å². The summed E-state index contributed by atoms with van der Waals surface area (Å²) in [5.74, 6) is -0.00426. The summed E-state index contributed by atoms with van der Waals surface area (Å²) in [6.07, 6.45) is 2.72. The summed E-state index contributed by atoms with van der Waals surface area (Å²) in [6.45, 7) is 6.21. The van der Waals surface area contributed by atoms with Crippen LogP contribution in [0.2, 0.25) is 0 Å². The highest BCUT2D eigenvalue weighted by Gasteiger charge is 2.08. The van der Waals surface area contributed by atoms with E-state index in [1.165, 1.54) is 0 Å². The Morgan fingerprint density at radius 2 is 2.33 bits per heavy atom. The van der Waals surface area contributed by atoms with E-state index in [4.69, 9.17) is 12.2 Å². The molecule has 5 heteroatoms. The van der Waals surface area contributed by atoms with Crippen molar-refractivity contribution in [2.75, 3.05) is 0 Å². The first-order chi connectivity index (χ1) is 7.04. The Bertz CT molecular complexity index is 392. The third kappa shape index (κ3) is 3.20. The quantitative estimate of drug-likeness (QED) is 0.768. The number of hydrogen-bond acceptors (Lipinski definition) is 2. The maximum atomic E-state index is 11.5. The van der Waals surface area contributed by atoms with Crippen molar-refractivity contribution >= 4 is 18.1 Å². The summed E-state index contributed by atoms with van der Waals surface area (Å²) in [7, 11) is 0. The highest BCUT2D eigenvalue weighted by molar-refractivity contribution is 7.71. The van der Waals surface area contributed by atoms with E-state index in [1.54, 1.807) is 0 Å². The molecule has 84 valence electrons. The lowest BCUT2D eigenvalue weighted by Gasteiger charge is -2.10. The van der Waals surface area contributed by atoms with Crippen LogP contribution in [0.5, 0.6) is 0 Å². The minimum Gasteiger partial charge on any atom is -0.352 e. The second-order valence-electron chi connectivity index (χ2n) is 3.75. The predicted octanol–water partition coefficient (Wildman–Crippen LogP) is 1.63. The molecule has 0 aromatic carbocycles. The van der Waals surface area contributed by atoms with E-state index in [9.17, 15) is 4.79 Å². The second-order valence-corrected chi connectivity index (χ2v) is 4.13. The van der Waals surface area contributed by atoms with Gasteiger partial charge >= 0.3 is 0 Å². The van der Waals surface area contributed by atoms with Gasteiger partial charge in [-0.05, 0) is 32.5 Å². The molecule has 1 aromatic heterocycles. The average Bonchev–Trinajstić information content (AvgIpc) is 2.46. The third-order valence-electron chi connectivity index (χ3n) is 2.07. The van der Waals surface area contributed by atoms with Crippen LogP contribution in [0, 0.1) is 4.77 Å². The largest absolute Gasteiger partial charge is 0.352 e. The van der Waals surface area contributed by atoms with Gasteiger partial charge in [0.25, 0.3) is 0 Å². The molecule has 0 aliphatic rings. The summed E-state index contributed by atoms with van der Waals surface area (Å²) in [4.78, 5) is 14.5. The van der Waals surface area contributed by atoms with Gasteiger partial charge in [-0.3, -0.25) is 4.79 Å². The molecule has 0 aliphatic heterocycles. The summed E-state index contributed by atoms with van der Waals surface area (Å²) < 4.78 is 2.43. The van der Waals surface area contributed by atoms with Gasteiger partial charge in [0.05, 0.1) is 0 Å². The number of nitrogens with one attached hydrogen (secondary N) is 2. The lowest BCUT2D eigenvalue weighted by Crippen LogP contribution is -2.33. The highest BCUT2D eigenvalue weighted by atomic mass is 32.1. The number of hydrogen-bond donors (Lipinski definition) is 2. The maximum Gasteiger partial charge on any atom is 0.240 e. The van der Waals surface area contributed by atoms with Crippen molar-refractivity contribution in [1.82, 2.24) is 14.9 Å². The Hall–Kier alpha value is -1.10. The van der Waals surface area contributed by atoms with Gasteiger partial charge < -0.3 is 14.9 Å². The Kier molecular flexibility index (Phi) is 4.08. The smallest absolute Gasteiger partial charge is 0.240 e. The van der Waals surface area contributed by atoms with Crippen molar-refractivity contribution in [3.63, 3.8) is 0 Å². The first-order valence-corrected chi connectivity index (χ1v) is 5.51. The van der Waals surface area contributed by atoms with Crippen molar-refractivity contribution < 1.29 is 4.79 Å². The number of amides is 1. The van der Waals surface area contributed by atoms with Crippen LogP contribution in [-0.2, 0) is 17.8 Å². The van der Waals surface area contributed by atoms with Crippen molar-refractivity contribution in [3.05, 3.63) is 16.7 Å². The van der Waals surface area contributed by atoms with Crippen molar-refractivity contribution in [2.24, 2.45) is 0 Å². The summed E-state index contributed by atoms with van der Waals surface area (Å²) in [6, 6.07) is 0.163. The maximum absolute atomic E-state index is 11.5. The summed E-state index contributed by atoms with van der Waals surface area (Å²) in [5.41, 5.74) is 1.05. The van der Waals surface area contributed by atoms with Gasteiger partial charge in [-0.2, -0.15) is 0 Å². The van der Waals surface area contributed by atoms with E-state index in [2.05, 4.69) is 10.3 Å². The van der Waals surface area contributed by atoms with Crippen LogP contribution in [0.4, 0.5) is 0 Å². The van der Waals surface area contributed by atoms with Gasteiger partial charge in [-0.25, -0.2) is 0 Å². The molecular weight excluding hydrogens is 210 g/mol. The number of aromatic amines is 1. The van der Waals surface area contributed by atoms with Crippen LogP contribution in [0.1, 0.15) is 26.5 Å². The van der Waals surface area contributed by atoms with E-state index >= 15 is 0 Å². The molecule has 0 atom stereocenters. The fourth-order valence-electron chi connectivity index (χ4n) is 1.41. The van der Waals surface area contributed by atoms with Crippen molar-refractivity contribution in [1.29, 1.82) is 0 Å². The minimum atomic E-state index is -0.00426. The Balaban J connectivity index is 2.75. The lowest BCUT2D eigenvalue weighted by atomic mass is 10.3. The molecule has 1 heterocycles. The number of nitrogens with zero attached hydrogens (tertiary/aromatic N) is 1. The monoisotopic (exact) mass is 227 g/mol. The van der Waals surface area contributed by atoms with Crippen molar-refractivity contribution in [3.8, 4) is 0 Å². The van der Waals surface area contributed by atoms with Crippen molar-refractivity contribution in [2.45, 2.75) is 39.8 Å². The first kappa shape index (κ1) is 12.0. The standard InChI is InChI=1S/C10H17N3OS/c1-4-8-5-11-10(15)13(8)6-9(14)12-7(2)3/h5,7H,4,6H2,1-3H3,(H,11,15)(H,12,14). The lowest BCUT2D eigenvalue weighted by molar-refractivity contribution is -0.122. The molecule has 0 saturated carbocycles. The number of H-pyrrole nitrogens is 1. The normalized spacial score (nSPS) is 10.7. The molecular formula is C10H17N3OS. The molecule has 1 aromatic rings. The average molecular weight is 227 g/mol. The van der Waals surface area contributed by atoms with Crippen LogP contribution in [0.15, 0.2) is 6.20 Å². The fraction of sp³-hybridized carbons (Fsp3) is 0.600. The molecule has 0 spiro atoms. The van der Waals surface area contributed by atoms with Crippen LogP contribution >= 0.6 is 12.2 Å². The zero-order chi connectivity index (χ0) is 11.4. The summed E-state index contributed by atoms with van der Waals surface area (Å²) in [5, 5.41) is 2.84. The van der Waals surface area contributed by atoms with E-state index < -0.39 is 0 Å². The molecule has 1 rings (SSSR count). The number of carbonyl (C=O) groups is 1. The number of aryl methyl sites for hydroxylation is 1. The molecule has 15 heavy (non-hydrogen) atoms. The zero-order valence-electron chi connectivity index (χ0n) is 9.33. The van der Waals surface area contributed by atoms with Gasteiger partial charge in [0.15, 0.2) is 4.77 Å². The topological polar surface area (TPSA) is 49.8 Å². The molecule has 4 nitrogen and oxygen atoms in total. The predicted molar refractivity (Wildman–Crippen MR) is 62.3 cm³/mol. The molecule has 0 unspecified atom stereocenters. The van der Waals surface area contributed by atoms with Crippen LogP contribution in [0.25, 0.3) is 0 Å². The molecule has 0 saturated heterocycles. The van der Waals surface area contributed by atoms with E-state index in [1.807, 2.05) is 31.5 Å². The molecule has 0 fully saturated rings. The van der Waals surface area contributed by atoms with E-state index in [0.29, 0.717) is 11.3 Å². The number of aromatic nitrogens is 2. The molecule has 0 bridgehead atoms. The third-order valence-corrected chi connectivity index (χ3v) is 2.41. The molecule has 2 N–H and O–H groups in total. The highest BCUT2D eigenvalue weighted by Crippen LogP contribution is 2.02. The van der Waals surface area contributed by atoms with E-state index in [-0.39, 0.29) is 11.9 Å². The fourth-order valence-corrected chi connectivity index (χ4v) is 1.65. The van der Waals surface area contributed by atoms with Crippen LogP contribution in [-0.4, -0.2) is 21.5 Å². The van der Waals surface area contributed by atoms with Crippen LogP contribution in [0.3, 0.4) is 0 Å². The van der Waals surface area contributed by atoms with Gasteiger partial charge in [0.2, 0.25) is 5.91 Å². The van der Waals surface area contributed by atoms with Crippen LogP contribution < -0.4 is 5.32 Å². The number of carbonyl (C=O) groups excluding carboxylic acids is 1. The zero-order valence-corrected chi connectivity index (χ0v) is 10.1. The SMILES string of the molecule is CCc1c[nH]c(=S)n1CC(=O)NC(C)C. The van der Waals surface area contributed by atoms with Gasteiger partial charge in [0.1, 0.15) is 6.54 Å². The Morgan fingerprint density at radius 1 is 1.67 bits per heavy atom. The van der Waals surface area contributed by atoms with Gasteiger partial charge in [-0.1, -0.05) is 6.92 Å². The second kappa shape index (κ2) is 5.11. The molecule has 1 amide bonds. The minimum absolute atomic E-state index is 0.00426. The number of imidazole rings is 1. The molecule has 0 radical (unpaired) electrons. The van der Waals surface area contributed by atoms with Gasteiger partial charge in [-0.15, -0.1) is 0 Å². The molecule has 0 aliphatic carbocycles. The van der Waals surface area contributed by atoms with Gasteiger partial charge in [0, 0.05) is 17.9 Å².